The molecular formula is C25H16BrF3N4O2S. The van der Waals surface area contributed by atoms with E-state index in [1.807, 2.05) is 12.1 Å². The summed E-state index contributed by atoms with van der Waals surface area (Å²) >= 11 is 4.47. The van der Waals surface area contributed by atoms with Gasteiger partial charge in [0.05, 0.1) is 27.2 Å². The van der Waals surface area contributed by atoms with Crippen LogP contribution in [0.5, 0.6) is 11.5 Å². The highest BCUT2D eigenvalue weighted by atomic mass is 79.9. The predicted molar refractivity (Wildman–Crippen MR) is 137 cm³/mol. The summed E-state index contributed by atoms with van der Waals surface area (Å²) in [4.78, 5) is 21.7. The molecule has 11 heteroatoms. The zero-order valence-electron chi connectivity index (χ0n) is 18.5. The summed E-state index contributed by atoms with van der Waals surface area (Å²) < 4.78 is 49.9. The first-order chi connectivity index (χ1) is 17.2. The SMILES string of the molecule is CC(=Nc1ccc(Oc2ccc(Br)cc2)cc1)c1c(C(F)(F)F)[nH]n(-c2nc3ccccc3s2)c1=O. The number of benzene rings is 3. The van der Waals surface area contributed by atoms with Crippen LogP contribution in [0.1, 0.15) is 18.2 Å². The Labute approximate surface area is 214 Å². The second kappa shape index (κ2) is 9.40. The third kappa shape index (κ3) is 4.84. The number of H-pyrrole nitrogens is 1. The molecule has 0 atom stereocenters. The zero-order valence-corrected chi connectivity index (χ0v) is 20.9. The Hall–Kier alpha value is -3.70. The van der Waals surface area contributed by atoms with Crippen molar-refractivity contribution in [1.29, 1.82) is 0 Å². The summed E-state index contributed by atoms with van der Waals surface area (Å²) in [5, 5.41) is 2.31. The van der Waals surface area contributed by atoms with E-state index in [9.17, 15) is 18.0 Å². The van der Waals surface area contributed by atoms with Crippen LogP contribution in [0.15, 0.2) is 87.1 Å². The van der Waals surface area contributed by atoms with Crippen LogP contribution in [0.2, 0.25) is 0 Å². The summed E-state index contributed by atoms with van der Waals surface area (Å²) in [5.41, 5.74) is -1.73. The van der Waals surface area contributed by atoms with Crippen molar-refractivity contribution in [2.75, 3.05) is 0 Å². The average Bonchev–Trinajstić information content (AvgIpc) is 3.42. The largest absolute Gasteiger partial charge is 0.457 e. The van der Waals surface area contributed by atoms with Crippen molar-refractivity contribution < 1.29 is 17.9 Å². The summed E-state index contributed by atoms with van der Waals surface area (Å²) in [6.07, 6.45) is -4.80. The fraction of sp³-hybridized carbons (Fsp3) is 0.0800. The molecule has 0 amide bonds. The Kier molecular flexibility index (Phi) is 6.27. The van der Waals surface area contributed by atoms with Crippen molar-refractivity contribution in [3.8, 4) is 16.6 Å². The van der Waals surface area contributed by atoms with Crippen molar-refractivity contribution in [1.82, 2.24) is 14.8 Å². The quantitative estimate of drug-likeness (QED) is 0.222. The summed E-state index contributed by atoms with van der Waals surface area (Å²) in [6.45, 7) is 1.37. The van der Waals surface area contributed by atoms with Gasteiger partial charge in [-0.05, 0) is 67.6 Å². The molecule has 0 fully saturated rings. The fourth-order valence-electron chi connectivity index (χ4n) is 3.55. The predicted octanol–water partition coefficient (Wildman–Crippen LogP) is 7.49. The van der Waals surface area contributed by atoms with E-state index in [0.717, 1.165) is 25.2 Å². The summed E-state index contributed by atoms with van der Waals surface area (Å²) in [5.74, 6) is 1.16. The zero-order chi connectivity index (χ0) is 25.4. The number of hydrogen-bond donors (Lipinski definition) is 1. The van der Waals surface area contributed by atoms with Crippen LogP contribution in [-0.4, -0.2) is 20.5 Å². The molecule has 0 radical (unpaired) electrons. The van der Waals surface area contributed by atoms with Crippen LogP contribution in [-0.2, 0) is 6.18 Å². The van der Waals surface area contributed by atoms with Crippen molar-refractivity contribution in [2.24, 2.45) is 4.99 Å². The van der Waals surface area contributed by atoms with E-state index >= 15 is 0 Å². The summed E-state index contributed by atoms with van der Waals surface area (Å²) in [6, 6.07) is 20.8. The molecule has 36 heavy (non-hydrogen) atoms. The molecule has 0 unspecified atom stereocenters. The minimum absolute atomic E-state index is 0.0787. The summed E-state index contributed by atoms with van der Waals surface area (Å²) in [7, 11) is 0. The highest BCUT2D eigenvalue weighted by Crippen LogP contribution is 2.32. The van der Waals surface area contributed by atoms with E-state index in [1.165, 1.54) is 6.92 Å². The van der Waals surface area contributed by atoms with Gasteiger partial charge in [-0.2, -0.15) is 17.9 Å². The lowest BCUT2D eigenvalue weighted by Crippen LogP contribution is -2.20. The smallest absolute Gasteiger partial charge is 0.433 e. The molecule has 0 aliphatic rings. The van der Waals surface area contributed by atoms with Crippen LogP contribution in [0.25, 0.3) is 15.3 Å². The Morgan fingerprint density at radius 2 is 1.67 bits per heavy atom. The topological polar surface area (TPSA) is 72.3 Å². The Bertz CT molecular complexity index is 1600. The third-order valence-corrected chi connectivity index (χ3v) is 6.74. The molecule has 2 heterocycles. The van der Waals surface area contributed by atoms with Crippen molar-refractivity contribution in [3.05, 3.63) is 98.9 Å². The number of para-hydroxylation sites is 1. The molecule has 6 nitrogen and oxygen atoms in total. The molecule has 1 N–H and O–H groups in total. The second-order valence-corrected chi connectivity index (χ2v) is 9.64. The number of nitrogens with one attached hydrogen (secondary N) is 1. The van der Waals surface area contributed by atoms with Gasteiger partial charge in [0.2, 0.25) is 5.13 Å². The van der Waals surface area contributed by atoms with Crippen LogP contribution >= 0.6 is 27.3 Å². The fourth-order valence-corrected chi connectivity index (χ4v) is 4.74. The lowest BCUT2D eigenvalue weighted by atomic mass is 10.1. The number of aromatic amines is 1. The molecule has 0 aliphatic carbocycles. The van der Waals surface area contributed by atoms with Crippen molar-refractivity contribution >= 4 is 48.9 Å². The molecule has 0 saturated heterocycles. The van der Waals surface area contributed by atoms with Gasteiger partial charge in [0, 0.05) is 4.47 Å². The lowest BCUT2D eigenvalue weighted by Gasteiger charge is -2.07. The first-order valence-corrected chi connectivity index (χ1v) is 12.2. The minimum Gasteiger partial charge on any atom is -0.457 e. The number of halogens is 4. The van der Waals surface area contributed by atoms with Crippen LogP contribution in [0.4, 0.5) is 18.9 Å². The number of aromatic nitrogens is 3. The van der Waals surface area contributed by atoms with E-state index in [2.05, 4.69) is 31.0 Å². The standard InChI is InChI=1S/C25H16BrF3N4O2S/c1-14(30-16-8-12-18(13-9-16)35-17-10-6-15(26)7-11-17)21-22(25(27,28)29)32-33(23(21)34)24-31-19-4-2-3-5-20(19)36-24/h2-13,32H,1H3. The molecular weight excluding hydrogens is 557 g/mol. The van der Waals surface area contributed by atoms with Gasteiger partial charge in [-0.25, -0.2) is 4.98 Å². The maximum absolute atomic E-state index is 13.9. The molecule has 2 aromatic heterocycles. The number of rotatable bonds is 5. The molecule has 5 aromatic rings. The monoisotopic (exact) mass is 572 g/mol. The Balaban J connectivity index is 1.49. The van der Waals surface area contributed by atoms with Gasteiger partial charge in [0.25, 0.3) is 5.56 Å². The second-order valence-electron chi connectivity index (χ2n) is 7.71. The number of aliphatic imine (C=N–C) groups is 1. The molecule has 0 spiro atoms. The first kappa shape index (κ1) is 24.0. The van der Waals surface area contributed by atoms with Gasteiger partial charge >= 0.3 is 6.18 Å². The van der Waals surface area contributed by atoms with Crippen molar-refractivity contribution in [2.45, 2.75) is 13.1 Å². The first-order valence-electron chi connectivity index (χ1n) is 10.6. The molecule has 0 saturated carbocycles. The van der Waals surface area contributed by atoms with E-state index in [-0.39, 0.29) is 10.8 Å². The molecule has 3 aromatic carbocycles. The number of thiazole rings is 1. The number of ether oxygens (including phenoxy) is 1. The number of nitrogens with zero attached hydrogens (tertiary/aromatic N) is 3. The Morgan fingerprint density at radius 1 is 1.03 bits per heavy atom. The van der Waals surface area contributed by atoms with Gasteiger partial charge in [0.15, 0.2) is 5.69 Å². The molecule has 5 rings (SSSR count). The molecule has 0 aliphatic heterocycles. The lowest BCUT2D eigenvalue weighted by molar-refractivity contribution is -0.141. The maximum Gasteiger partial charge on any atom is 0.433 e. The van der Waals surface area contributed by atoms with E-state index in [4.69, 9.17) is 4.74 Å². The van der Waals surface area contributed by atoms with Gasteiger partial charge in [-0.3, -0.25) is 14.9 Å². The number of hydrogen-bond acceptors (Lipinski definition) is 5. The van der Waals surface area contributed by atoms with E-state index in [1.54, 1.807) is 60.7 Å². The minimum atomic E-state index is -4.80. The van der Waals surface area contributed by atoms with Crippen LogP contribution < -0.4 is 10.3 Å². The van der Waals surface area contributed by atoms with Crippen molar-refractivity contribution in [3.63, 3.8) is 0 Å². The molecule has 182 valence electrons. The van der Waals surface area contributed by atoms with Crippen LogP contribution in [0, 0.1) is 0 Å². The highest BCUT2D eigenvalue weighted by Gasteiger charge is 2.39. The maximum atomic E-state index is 13.9. The van der Waals surface area contributed by atoms with E-state index in [0.29, 0.717) is 22.7 Å². The number of fused-ring (bicyclic) bond motifs is 1. The van der Waals surface area contributed by atoms with Gasteiger partial charge in [-0.15, -0.1) is 0 Å². The normalized spacial score (nSPS) is 12.3. The van der Waals surface area contributed by atoms with Crippen LogP contribution in [0.3, 0.4) is 0 Å². The molecule has 0 bridgehead atoms. The van der Waals surface area contributed by atoms with Gasteiger partial charge in [0.1, 0.15) is 11.5 Å². The van der Waals surface area contributed by atoms with Gasteiger partial charge in [-0.1, -0.05) is 39.4 Å². The Morgan fingerprint density at radius 3 is 2.31 bits per heavy atom. The van der Waals surface area contributed by atoms with E-state index < -0.39 is 23.0 Å². The third-order valence-electron chi connectivity index (χ3n) is 5.19. The average molecular weight is 573 g/mol. The van der Waals surface area contributed by atoms with Gasteiger partial charge < -0.3 is 4.74 Å². The number of alkyl halides is 3. The highest BCUT2D eigenvalue weighted by molar-refractivity contribution is 9.10.